The highest BCUT2D eigenvalue weighted by molar-refractivity contribution is 5.86. The van der Waals surface area contributed by atoms with E-state index in [2.05, 4.69) is 4.74 Å². The molecular formula is C24H14F8O. The molecule has 0 spiro atoms. The van der Waals surface area contributed by atoms with E-state index in [4.69, 9.17) is 0 Å². The number of rotatable bonds is 5. The lowest BCUT2D eigenvalue weighted by atomic mass is 9.99. The highest BCUT2D eigenvalue weighted by Gasteiger charge is 2.39. The van der Waals surface area contributed by atoms with E-state index in [1.54, 1.807) is 6.92 Å². The first-order chi connectivity index (χ1) is 15.5. The van der Waals surface area contributed by atoms with Crippen molar-refractivity contribution < 1.29 is 39.9 Å². The number of alkyl halides is 2. The molecule has 0 aromatic heterocycles. The number of aryl methyl sites for hydroxylation is 1. The zero-order chi connectivity index (χ0) is 24.1. The molecular weight excluding hydrogens is 456 g/mol. The van der Waals surface area contributed by atoms with Crippen LogP contribution in [0.5, 0.6) is 5.75 Å². The fraction of sp³-hybridized carbons (Fsp3) is 0.167. The van der Waals surface area contributed by atoms with Crippen molar-refractivity contribution in [2.75, 3.05) is 0 Å². The van der Waals surface area contributed by atoms with Crippen LogP contribution in [0.2, 0.25) is 0 Å². The van der Waals surface area contributed by atoms with E-state index in [9.17, 15) is 35.1 Å². The summed E-state index contributed by atoms with van der Waals surface area (Å²) in [4.78, 5) is 0. The quantitative estimate of drug-likeness (QED) is 0.213. The number of hydrogen-bond donors (Lipinski definition) is 0. The van der Waals surface area contributed by atoms with Gasteiger partial charge in [0.1, 0.15) is 17.1 Å². The van der Waals surface area contributed by atoms with Gasteiger partial charge in [0.2, 0.25) is 0 Å². The molecule has 0 amide bonds. The second-order valence-corrected chi connectivity index (χ2v) is 7.43. The number of halogens is 8. The second kappa shape index (κ2) is 8.20. The van der Waals surface area contributed by atoms with Gasteiger partial charge in [0.05, 0.1) is 5.39 Å². The summed E-state index contributed by atoms with van der Waals surface area (Å²) in [5.74, 6) is -10.0. The van der Waals surface area contributed by atoms with E-state index in [-0.39, 0.29) is 28.1 Å². The summed E-state index contributed by atoms with van der Waals surface area (Å²) in [6.07, 6.45) is -3.71. The minimum atomic E-state index is -4.37. The van der Waals surface area contributed by atoms with Crippen LogP contribution in [0.15, 0.2) is 42.5 Å². The Hall–Kier alpha value is -3.36. The van der Waals surface area contributed by atoms with E-state index in [0.29, 0.717) is 18.6 Å². The molecule has 0 saturated carbocycles. The number of fused-ring (bicyclic) bond motifs is 2. The highest BCUT2D eigenvalue weighted by atomic mass is 19.3. The molecule has 0 radical (unpaired) electrons. The first kappa shape index (κ1) is 22.8. The van der Waals surface area contributed by atoms with Crippen molar-refractivity contribution in [2.24, 2.45) is 0 Å². The van der Waals surface area contributed by atoms with E-state index in [1.807, 2.05) is 0 Å². The average molecular weight is 470 g/mol. The number of benzene rings is 4. The summed E-state index contributed by atoms with van der Waals surface area (Å²) >= 11 is 0. The maximum Gasteiger partial charge on any atom is 0.429 e. The van der Waals surface area contributed by atoms with Gasteiger partial charge in [-0.1, -0.05) is 19.4 Å². The van der Waals surface area contributed by atoms with Crippen molar-refractivity contribution in [3.05, 3.63) is 88.5 Å². The molecule has 9 heteroatoms. The summed E-state index contributed by atoms with van der Waals surface area (Å²) in [6, 6.07) is 6.02. The fourth-order valence-corrected chi connectivity index (χ4v) is 3.66. The monoisotopic (exact) mass is 470 g/mol. The van der Waals surface area contributed by atoms with Crippen molar-refractivity contribution in [3.63, 3.8) is 0 Å². The van der Waals surface area contributed by atoms with Gasteiger partial charge in [-0.05, 0) is 59.2 Å². The van der Waals surface area contributed by atoms with Crippen LogP contribution >= 0.6 is 0 Å². The Bertz CT molecular complexity index is 1400. The van der Waals surface area contributed by atoms with Crippen molar-refractivity contribution in [2.45, 2.75) is 25.9 Å². The number of ether oxygens (including phenoxy) is 1. The zero-order valence-electron chi connectivity index (χ0n) is 16.9. The molecule has 0 fully saturated rings. The molecule has 0 aliphatic rings. The normalized spacial score (nSPS) is 12.0. The first-order valence-corrected chi connectivity index (χ1v) is 9.78. The standard InChI is InChI=1S/C24H14F8O/c1-2-3-12-8-11-4-7-16(21(28)18(11)23(30)19(12)26)24(31,32)33-14-5-6-15-13(9-14)10-17(25)22(29)20(15)27/h4-10H,2-3H2,1H3. The smallest absolute Gasteiger partial charge is 0.429 e. The minimum Gasteiger partial charge on any atom is -0.429 e. The molecule has 0 aliphatic heterocycles. The third-order valence-electron chi connectivity index (χ3n) is 5.22. The van der Waals surface area contributed by atoms with Crippen LogP contribution in [0.3, 0.4) is 0 Å². The molecule has 0 unspecified atom stereocenters. The molecule has 0 aliphatic carbocycles. The summed E-state index contributed by atoms with van der Waals surface area (Å²) in [5.41, 5.74) is -1.38. The average Bonchev–Trinajstić information content (AvgIpc) is 2.75. The van der Waals surface area contributed by atoms with Crippen LogP contribution in [0, 0.1) is 34.9 Å². The van der Waals surface area contributed by atoms with Gasteiger partial charge in [-0.2, -0.15) is 8.78 Å². The van der Waals surface area contributed by atoms with Crippen LogP contribution in [-0.2, 0) is 12.5 Å². The predicted molar refractivity (Wildman–Crippen MR) is 106 cm³/mol. The maximum atomic E-state index is 14.9. The van der Waals surface area contributed by atoms with Gasteiger partial charge >= 0.3 is 6.11 Å². The molecule has 4 aromatic rings. The van der Waals surface area contributed by atoms with Crippen molar-refractivity contribution in [1.29, 1.82) is 0 Å². The fourth-order valence-electron chi connectivity index (χ4n) is 3.66. The van der Waals surface area contributed by atoms with Gasteiger partial charge < -0.3 is 4.74 Å². The molecule has 172 valence electrons. The predicted octanol–water partition coefficient (Wildman–Crippen LogP) is 7.91. The third kappa shape index (κ3) is 3.85. The molecule has 0 bridgehead atoms. The van der Waals surface area contributed by atoms with Gasteiger partial charge in [0.15, 0.2) is 29.1 Å². The lowest BCUT2D eigenvalue weighted by molar-refractivity contribution is -0.187. The molecule has 0 saturated heterocycles. The van der Waals surface area contributed by atoms with Gasteiger partial charge in [0, 0.05) is 5.39 Å². The van der Waals surface area contributed by atoms with Crippen molar-refractivity contribution in [1.82, 2.24) is 0 Å². The molecule has 0 heterocycles. The van der Waals surface area contributed by atoms with Crippen LogP contribution in [0.25, 0.3) is 21.5 Å². The molecule has 0 atom stereocenters. The second-order valence-electron chi connectivity index (χ2n) is 7.43. The first-order valence-electron chi connectivity index (χ1n) is 9.78. The van der Waals surface area contributed by atoms with Crippen LogP contribution in [-0.4, -0.2) is 0 Å². The molecule has 1 nitrogen and oxygen atoms in total. The van der Waals surface area contributed by atoms with Gasteiger partial charge in [0.25, 0.3) is 0 Å². The lowest BCUT2D eigenvalue weighted by Crippen LogP contribution is -2.23. The van der Waals surface area contributed by atoms with Gasteiger partial charge in [-0.25, -0.2) is 26.3 Å². The van der Waals surface area contributed by atoms with E-state index >= 15 is 0 Å². The Morgan fingerprint density at radius 3 is 2.15 bits per heavy atom. The van der Waals surface area contributed by atoms with E-state index < -0.39 is 57.7 Å². The van der Waals surface area contributed by atoms with Gasteiger partial charge in [-0.3, -0.25) is 0 Å². The summed E-state index contributed by atoms with van der Waals surface area (Å²) in [5, 5.41) is -1.73. The van der Waals surface area contributed by atoms with Gasteiger partial charge in [-0.15, -0.1) is 0 Å². The Balaban J connectivity index is 1.77. The third-order valence-corrected chi connectivity index (χ3v) is 5.22. The van der Waals surface area contributed by atoms with E-state index in [0.717, 1.165) is 24.3 Å². The zero-order valence-corrected chi connectivity index (χ0v) is 16.9. The Labute approximate surface area is 182 Å². The van der Waals surface area contributed by atoms with Crippen LogP contribution in [0.4, 0.5) is 35.1 Å². The largest absolute Gasteiger partial charge is 0.429 e. The Kier molecular flexibility index (Phi) is 5.67. The minimum absolute atomic E-state index is 0.00951. The maximum absolute atomic E-state index is 14.9. The topological polar surface area (TPSA) is 9.23 Å². The summed E-state index contributed by atoms with van der Waals surface area (Å²) in [6.45, 7) is 1.73. The Morgan fingerprint density at radius 2 is 1.45 bits per heavy atom. The highest BCUT2D eigenvalue weighted by Crippen LogP contribution is 2.38. The van der Waals surface area contributed by atoms with Crippen molar-refractivity contribution >= 4 is 21.5 Å². The van der Waals surface area contributed by atoms with Crippen LogP contribution < -0.4 is 4.74 Å². The van der Waals surface area contributed by atoms with Crippen molar-refractivity contribution in [3.8, 4) is 5.75 Å². The molecule has 4 rings (SSSR count). The molecule has 0 N–H and O–H groups in total. The summed E-state index contributed by atoms with van der Waals surface area (Å²) < 4.78 is 118. The lowest BCUT2D eigenvalue weighted by Gasteiger charge is -2.20. The number of hydrogen-bond acceptors (Lipinski definition) is 1. The van der Waals surface area contributed by atoms with Crippen LogP contribution in [0.1, 0.15) is 24.5 Å². The summed E-state index contributed by atoms with van der Waals surface area (Å²) in [7, 11) is 0. The Morgan fingerprint density at radius 1 is 0.727 bits per heavy atom. The SMILES string of the molecule is CCCc1cc2ccc(C(F)(F)Oc3ccc4c(F)c(F)c(F)cc4c3)c(F)c2c(F)c1F. The molecule has 4 aromatic carbocycles. The van der Waals surface area contributed by atoms with E-state index in [1.165, 1.54) is 6.07 Å². The molecule has 33 heavy (non-hydrogen) atoms.